The molecule has 3 atom stereocenters. The van der Waals surface area contributed by atoms with Gasteiger partial charge in [0, 0.05) is 28.5 Å². The van der Waals surface area contributed by atoms with E-state index in [1.165, 1.54) is 12.1 Å². The van der Waals surface area contributed by atoms with Gasteiger partial charge in [0.15, 0.2) is 0 Å². The molecule has 1 amide bonds. The third-order valence-electron chi connectivity index (χ3n) is 8.87. The van der Waals surface area contributed by atoms with Crippen molar-refractivity contribution in [1.82, 2.24) is 4.90 Å². The van der Waals surface area contributed by atoms with Crippen molar-refractivity contribution in [3.05, 3.63) is 65.2 Å². The molecule has 2 aromatic carbocycles. The molecule has 5 rings (SSSR count). The van der Waals surface area contributed by atoms with Gasteiger partial charge in [-0.1, -0.05) is 49.4 Å². The molecule has 0 saturated carbocycles. The van der Waals surface area contributed by atoms with Crippen molar-refractivity contribution in [3.8, 4) is 5.75 Å². The Morgan fingerprint density at radius 3 is 2.34 bits per heavy atom. The van der Waals surface area contributed by atoms with Gasteiger partial charge in [0.05, 0.1) is 17.5 Å². The number of halogens is 4. The quantitative estimate of drug-likeness (QED) is 0.493. The van der Waals surface area contributed by atoms with E-state index in [2.05, 4.69) is 0 Å². The molecule has 2 saturated heterocycles. The summed E-state index contributed by atoms with van der Waals surface area (Å²) in [5, 5.41) is 0. The Hall–Kier alpha value is -2.62. The number of carbonyl (C=O) groups excluding carboxylic acids is 1. The summed E-state index contributed by atoms with van der Waals surface area (Å²) >= 11 is 0. The van der Waals surface area contributed by atoms with Crippen molar-refractivity contribution in [2.24, 2.45) is 5.41 Å². The van der Waals surface area contributed by atoms with Crippen molar-refractivity contribution < 1.29 is 35.5 Å². The number of hydrogen-bond donors (Lipinski definition) is 0. The van der Waals surface area contributed by atoms with Gasteiger partial charge >= 0.3 is 6.18 Å². The van der Waals surface area contributed by atoms with Crippen LogP contribution in [0.1, 0.15) is 49.8 Å². The average molecular weight is 554 g/mol. The van der Waals surface area contributed by atoms with Crippen molar-refractivity contribution in [1.29, 1.82) is 0 Å². The predicted molar refractivity (Wildman–Crippen MR) is 134 cm³/mol. The highest BCUT2D eigenvalue weighted by Gasteiger charge is 2.57. The normalized spacial score (nSPS) is 27.5. The maximum Gasteiger partial charge on any atom is 0.426 e. The zero-order chi connectivity index (χ0) is 27.6. The lowest BCUT2D eigenvalue weighted by Gasteiger charge is -2.45. The van der Waals surface area contributed by atoms with Gasteiger partial charge in [-0.3, -0.25) is 4.79 Å². The fraction of sp³-hybridized carbons (Fsp3) is 0.536. The topological polar surface area (TPSA) is 63.7 Å². The summed E-state index contributed by atoms with van der Waals surface area (Å²) in [6, 6.07) is 13.1. The number of ether oxygens (including phenoxy) is 1. The second kappa shape index (κ2) is 8.96. The van der Waals surface area contributed by atoms with Crippen LogP contribution >= 0.6 is 0 Å². The number of carbonyl (C=O) groups is 1. The second-order valence-electron chi connectivity index (χ2n) is 11.3. The average Bonchev–Trinajstić information content (AvgIpc) is 3.24. The number of nitrogens with zero attached hydrogens (tertiary/aromatic N) is 1. The number of fused-ring (bicyclic) bond motifs is 3. The van der Waals surface area contributed by atoms with Crippen LogP contribution in [0.25, 0.3) is 0 Å². The number of sulfone groups is 1. The Labute approximate surface area is 220 Å². The molecule has 2 aromatic rings. The smallest absolute Gasteiger partial charge is 0.426 e. The highest BCUT2D eigenvalue weighted by Crippen LogP contribution is 2.52. The molecule has 3 aliphatic heterocycles. The molecule has 10 heteroatoms. The van der Waals surface area contributed by atoms with E-state index >= 15 is 0 Å². The van der Waals surface area contributed by atoms with E-state index in [1.54, 1.807) is 4.90 Å². The van der Waals surface area contributed by atoms with Crippen molar-refractivity contribution in [3.63, 3.8) is 0 Å². The van der Waals surface area contributed by atoms with Crippen molar-refractivity contribution >= 4 is 15.7 Å². The van der Waals surface area contributed by atoms with Crippen LogP contribution in [-0.2, 0) is 32.1 Å². The van der Waals surface area contributed by atoms with E-state index in [1.807, 2.05) is 37.3 Å². The summed E-state index contributed by atoms with van der Waals surface area (Å²) < 4.78 is 85.1. The molecular weight excluding hydrogens is 522 g/mol. The molecule has 0 aromatic heterocycles. The first-order valence-electron chi connectivity index (χ1n) is 12.8. The second-order valence-corrected chi connectivity index (χ2v) is 13.6. The molecule has 5 nitrogen and oxygen atoms in total. The van der Waals surface area contributed by atoms with E-state index in [0.717, 1.165) is 11.6 Å². The van der Waals surface area contributed by atoms with Crippen LogP contribution < -0.4 is 4.74 Å². The minimum absolute atomic E-state index is 0.0355. The molecule has 38 heavy (non-hydrogen) atoms. The largest absolute Gasteiger partial charge is 0.491 e. The van der Waals surface area contributed by atoms with Gasteiger partial charge in [-0.2, -0.15) is 13.2 Å². The van der Waals surface area contributed by atoms with E-state index < -0.39 is 44.1 Å². The standard InChI is InChI=1S/C28H31F4NO4S/c1-25(11-14-38(35,36)15-12-25)24(34)33-13-10-27(17-19-6-4-3-5-7-19)21-9-8-20(26(2,29)28(30,31)32)16-22(21)37-18-23(27)33/h3-9,16,23H,10-15,17-18H2,1-2H3. The van der Waals surface area contributed by atoms with Crippen molar-refractivity contribution in [2.45, 2.75) is 62.8 Å². The van der Waals surface area contributed by atoms with Crippen LogP contribution in [0.5, 0.6) is 5.75 Å². The third kappa shape index (κ3) is 4.38. The van der Waals surface area contributed by atoms with E-state index in [9.17, 15) is 30.8 Å². The highest BCUT2D eigenvalue weighted by molar-refractivity contribution is 7.91. The molecule has 0 spiro atoms. The SMILES string of the molecule is CC1(C(=O)N2CCC3(Cc4ccccc4)c4ccc(C(C)(F)C(F)(F)F)cc4OCC23)CCS(=O)(=O)CC1. The van der Waals surface area contributed by atoms with Gasteiger partial charge in [-0.05, 0) is 44.2 Å². The first-order chi connectivity index (χ1) is 17.7. The molecular formula is C28H31F4NO4S. The first-order valence-corrected chi connectivity index (χ1v) is 14.6. The third-order valence-corrected chi connectivity index (χ3v) is 10.5. The van der Waals surface area contributed by atoms with Crippen LogP contribution in [0.15, 0.2) is 48.5 Å². The van der Waals surface area contributed by atoms with Crippen LogP contribution in [0.4, 0.5) is 17.6 Å². The summed E-state index contributed by atoms with van der Waals surface area (Å²) in [5.41, 5.74) is -3.87. The number of rotatable bonds is 4. The minimum Gasteiger partial charge on any atom is -0.491 e. The predicted octanol–water partition coefficient (Wildman–Crippen LogP) is 5.12. The Morgan fingerprint density at radius 2 is 1.71 bits per heavy atom. The summed E-state index contributed by atoms with van der Waals surface area (Å²) in [6.45, 7) is 2.77. The molecule has 3 unspecified atom stereocenters. The Balaban J connectivity index is 1.54. The molecule has 206 valence electrons. The molecule has 0 aliphatic carbocycles. The van der Waals surface area contributed by atoms with Gasteiger partial charge < -0.3 is 9.64 Å². The lowest BCUT2D eigenvalue weighted by atomic mass is 9.68. The minimum atomic E-state index is -5.08. The summed E-state index contributed by atoms with van der Waals surface area (Å²) in [6.07, 6.45) is -3.52. The Kier molecular flexibility index (Phi) is 6.36. The lowest BCUT2D eigenvalue weighted by Crippen LogP contribution is -2.55. The molecule has 3 aliphatic rings. The molecule has 3 heterocycles. The van der Waals surface area contributed by atoms with Gasteiger partial charge in [-0.15, -0.1) is 0 Å². The highest BCUT2D eigenvalue weighted by atomic mass is 32.2. The Morgan fingerprint density at radius 1 is 1.05 bits per heavy atom. The van der Waals surface area contributed by atoms with E-state index in [-0.39, 0.29) is 42.6 Å². The van der Waals surface area contributed by atoms with Crippen LogP contribution in [-0.4, -0.2) is 56.1 Å². The number of hydrogen-bond acceptors (Lipinski definition) is 4. The summed E-state index contributed by atoms with van der Waals surface area (Å²) in [5.74, 6) is 0.00909. The zero-order valence-electron chi connectivity index (χ0n) is 21.4. The fourth-order valence-corrected chi connectivity index (χ4v) is 7.96. The van der Waals surface area contributed by atoms with Gasteiger partial charge in [0.2, 0.25) is 11.6 Å². The summed E-state index contributed by atoms with van der Waals surface area (Å²) in [7, 11) is -3.16. The van der Waals surface area contributed by atoms with Gasteiger partial charge in [0.25, 0.3) is 0 Å². The molecule has 2 fully saturated rings. The first kappa shape index (κ1) is 27.0. The molecule has 0 bridgehead atoms. The number of amides is 1. The van der Waals surface area contributed by atoms with Crippen molar-refractivity contribution in [2.75, 3.05) is 24.7 Å². The van der Waals surface area contributed by atoms with Gasteiger partial charge in [0.1, 0.15) is 22.2 Å². The maximum absolute atomic E-state index is 14.8. The lowest BCUT2D eigenvalue weighted by molar-refractivity contribution is -0.228. The van der Waals surface area contributed by atoms with Crippen LogP contribution in [0.3, 0.4) is 0 Å². The zero-order valence-corrected chi connectivity index (χ0v) is 22.2. The molecule has 0 radical (unpaired) electrons. The number of alkyl halides is 4. The maximum atomic E-state index is 14.8. The molecule has 0 N–H and O–H groups in total. The van der Waals surface area contributed by atoms with Gasteiger partial charge in [-0.25, -0.2) is 12.8 Å². The van der Waals surface area contributed by atoms with Crippen LogP contribution in [0, 0.1) is 5.41 Å². The number of benzene rings is 2. The monoisotopic (exact) mass is 553 g/mol. The number of likely N-dealkylation sites (tertiary alicyclic amines) is 1. The fourth-order valence-electron chi connectivity index (χ4n) is 6.24. The summed E-state index contributed by atoms with van der Waals surface area (Å²) in [4.78, 5) is 15.7. The van der Waals surface area contributed by atoms with Crippen LogP contribution in [0.2, 0.25) is 0 Å². The van der Waals surface area contributed by atoms with E-state index in [4.69, 9.17) is 4.74 Å². The Bertz CT molecular complexity index is 1330. The van der Waals surface area contributed by atoms with E-state index in [0.29, 0.717) is 31.9 Å².